The molecule has 2 aromatic rings. The number of hydrogen-bond acceptors (Lipinski definition) is 6. The minimum Gasteiger partial charge on any atom is -0.479 e. The van der Waals surface area contributed by atoms with Crippen molar-refractivity contribution < 1.29 is 14.1 Å². The van der Waals surface area contributed by atoms with Gasteiger partial charge in [-0.05, 0) is 17.6 Å². The van der Waals surface area contributed by atoms with E-state index in [0.717, 1.165) is 0 Å². The van der Waals surface area contributed by atoms with Crippen LogP contribution in [0.5, 0.6) is 5.88 Å². The third-order valence-electron chi connectivity index (χ3n) is 2.54. The van der Waals surface area contributed by atoms with Crippen LogP contribution in [0.2, 0.25) is 0 Å². The molecule has 8 heteroatoms. The van der Waals surface area contributed by atoms with Crippen LogP contribution >= 0.6 is 0 Å². The largest absolute Gasteiger partial charge is 0.479 e. The first-order chi connectivity index (χ1) is 9.70. The Morgan fingerprint density at radius 2 is 2.40 bits per heavy atom. The highest BCUT2D eigenvalue weighted by atomic mass is 16.5. The smallest absolute Gasteiger partial charge is 0.290 e. The highest BCUT2D eigenvalue weighted by molar-refractivity contribution is 5.91. The molecule has 0 atom stereocenters. The average molecular weight is 278 g/mol. The highest BCUT2D eigenvalue weighted by Crippen LogP contribution is 2.09. The van der Waals surface area contributed by atoms with Gasteiger partial charge in [0.25, 0.3) is 17.3 Å². The van der Waals surface area contributed by atoms with Crippen LogP contribution in [0.3, 0.4) is 0 Å². The van der Waals surface area contributed by atoms with Gasteiger partial charge < -0.3 is 14.6 Å². The maximum absolute atomic E-state index is 11.7. The summed E-state index contributed by atoms with van der Waals surface area (Å²) in [6.45, 7) is 0.824. The molecule has 20 heavy (non-hydrogen) atoms. The van der Waals surface area contributed by atoms with E-state index in [1.807, 2.05) is 0 Å². The molecule has 2 heterocycles. The van der Waals surface area contributed by atoms with Crippen LogP contribution in [-0.4, -0.2) is 34.5 Å². The summed E-state index contributed by atoms with van der Waals surface area (Å²) in [5.74, 6) is -0.0544. The Bertz CT molecular complexity index is 634. The molecule has 1 N–H and O–H groups in total. The second kappa shape index (κ2) is 6.50. The lowest BCUT2D eigenvalue weighted by Crippen LogP contribution is -2.27. The standard InChI is InChI=1S/C12H14N4O4/c1-19-10-8-9(20-15-10)12(18)13-5-3-7-16-11(17)4-2-6-14-16/h2,4,6,8H,3,5,7H2,1H3,(H,13,18). The third-order valence-corrected chi connectivity index (χ3v) is 2.54. The van der Waals surface area contributed by atoms with Crippen molar-refractivity contribution in [3.05, 3.63) is 40.5 Å². The maximum atomic E-state index is 11.7. The van der Waals surface area contributed by atoms with Gasteiger partial charge in [-0.2, -0.15) is 5.10 Å². The summed E-state index contributed by atoms with van der Waals surface area (Å²) in [6.07, 6.45) is 2.12. The molecule has 106 valence electrons. The normalized spacial score (nSPS) is 10.2. The number of amides is 1. The number of hydrogen-bond donors (Lipinski definition) is 1. The van der Waals surface area contributed by atoms with Crippen molar-refractivity contribution in [1.29, 1.82) is 0 Å². The van der Waals surface area contributed by atoms with E-state index < -0.39 is 0 Å². The maximum Gasteiger partial charge on any atom is 0.290 e. The second-order valence-corrected chi connectivity index (χ2v) is 3.93. The number of carbonyl (C=O) groups is 1. The topological polar surface area (TPSA) is 99.2 Å². The lowest BCUT2D eigenvalue weighted by Gasteiger charge is -2.04. The van der Waals surface area contributed by atoms with Crippen molar-refractivity contribution >= 4 is 5.91 Å². The Morgan fingerprint density at radius 3 is 3.10 bits per heavy atom. The number of aromatic nitrogens is 3. The number of rotatable bonds is 6. The van der Waals surface area contributed by atoms with E-state index in [-0.39, 0.29) is 23.1 Å². The number of methoxy groups -OCH3 is 1. The van der Waals surface area contributed by atoms with Gasteiger partial charge in [0.05, 0.1) is 13.2 Å². The molecule has 0 aliphatic carbocycles. The minimum absolute atomic E-state index is 0.0804. The molecule has 0 fully saturated rings. The first-order valence-corrected chi connectivity index (χ1v) is 6.02. The van der Waals surface area contributed by atoms with E-state index in [1.54, 1.807) is 12.3 Å². The van der Waals surface area contributed by atoms with E-state index in [2.05, 4.69) is 15.6 Å². The number of nitrogens with one attached hydrogen (secondary N) is 1. The number of aryl methyl sites for hydroxylation is 1. The van der Waals surface area contributed by atoms with Crippen molar-refractivity contribution in [2.45, 2.75) is 13.0 Å². The number of carbonyl (C=O) groups excluding carboxylic acids is 1. The second-order valence-electron chi connectivity index (χ2n) is 3.93. The average Bonchev–Trinajstić information content (AvgIpc) is 2.94. The van der Waals surface area contributed by atoms with E-state index in [9.17, 15) is 9.59 Å². The Morgan fingerprint density at radius 1 is 1.55 bits per heavy atom. The molecule has 0 unspecified atom stereocenters. The van der Waals surface area contributed by atoms with Gasteiger partial charge in [0.1, 0.15) is 0 Å². The molecule has 2 rings (SSSR count). The number of nitrogens with zero attached hydrogens (tertiary/aromatic N) is 3. The summed E-state index contributed by atoms with van der Waals surface area (Å²) >= 11 is 0. The Labute approximate surface area is 114 Å². The molecule has 0 radical (unpaired) electrons. The van der Waals surface area contributed by atoms with Crippen molar-refractivity contribution in [2.24, 2.45) is 0 Å². The van der Waals surface area contributed by atoms with Crippen LogP contribution in [0.1, 0.15) is 17.0 Å². The summed E-state index contributed by atoms with van der Waals surface area (Å²) in [7, 11) is 1.43. The highest BCUT2D eigenvalue weighted by Gasteiger charge is 2.12. The summed E-state index contributed by atoms with van der Waals surface area (Å²) in [6, 6.07) is 4.42. The Kier molecular flexibility index (Phi) is 4.48. The minimum atomic E-state index is -0.380. The van der Waals surface area contributed by atoms with E-state index in [0.29, 0.717) is 19.5 Å². The van der Waals surface area contributed by atoms with Gasteiger partial charge in [0, 0.05) is 25.4 Å². The molecule has 1 amide bonds. The Balaban J connectivity index is 1.77. The lowest BCUT2D eigenvalue weighted by atomic mass is 10.3. The molecule has 0 spiro atoms. The molecular formula is C12H14N4O4. The number of ether oxygens (including phenoxy) is 1. The van der Waals surface area contributed by atoms with Crippen LogP contribution in [0.25, 0.3) is 0 Å². The van der Waals surface area contributed by atoms with Crippen molar-refractivity contribution in [3.8, 4) is 5.88 Å². The van der Waals surface area contributed by atoms with Crippen LogP contribution in [0.15, 0.2) is 33.7 Å². The van der Waals surface area contributed by atoms with Gasteiger partial charge in [-0.15, -0.1) is 0 Å². The first kappa shape index (κ1) is 13.8. The van der Waals surface area contributed by atoms with Gasteiger partial charge in [0.15, 0.2) is 0 Å². The molecule has 0 aromatic carbocycles. The SMILES string of the molecule is COc1cc(C(=O)NCCCn2ncccc2=O)on1. The van der Waals surface area contributed by atoms with Crippen molar-refractivity contribution in [3.63, 3.8) is 0 Å². The predicted octanol–water partition coefficient (Wildman–Crippen LogP) is 0.0600. The summed E-state index contributed by atoms with van der Waals surface area (Å²) in [5, 5.41) is 10.1. The van der Waals surface area contributed by atoms with Crippen LogP contribution in [-0.2, 0) is 6.54 Å². The molecule has 8 nitrogen and oxygen atoms in total. The molecule has 0 bridgehead atoms. The Hall–Kier alpha value is -2.64. The van der Waals surface area contributed by atoms with E-state index in [4.69, 9.17) is 9.26 Å². The van der Waals surface area contributed by atoms with Crippen molar-refractivity contribution in [2.75, 3.05) is 13.7 Å². The van der Waals surface area contributed by atoms with Crippen LogP contribution < -0.4 is 15.6 Å². The van der Waals surface area contributed by atoms with Gasteiger partial charge in [-0.1, -0.05) is 0 Å². The summed E-state index contributed by atoms with van der Waals surface area (Å²) in [5.41, 5.74) is -0.168. The van der Waals surface area contributed by atoms with E-state index >= 15 is 0 Å². The van der Waals surface area contributed by atoms with Crippen LogP contribution in [0.4, 0.5) is 0 Å². The molecule has 2 aromatic heterocycles. The lowest BCUT2D eigenvalue weighted by molar-refractivity contribution is 0.0915. The summed E-state index contributed by atoms with van der Waals surface area (Å²) < 4.78 is 10.9. The zero-order valence-corrected chi connectivity index (χ0v) is 10.9. The molecule has 0 saturated carbocycles. The van der Waals surface area contributed by atoms with Gasteiger partial charge in [0.2, 0.25) is 5.76 Å². The molecule has 0 saturated heterocycles. The van der Waals surface area contributed by atoms with Crippen molar-refractivity contribution in [1.82, 2.24) is 20.3 Å². The van der Waals surface area contributed by atoms with Crippen LogP contribution in [0, 0.1) is 0 Å². The van der Waals surface area contributed by atoms with Gasteiger partial charge in [-0.25, -0.2) is 4.68 Å². The quantitative estimate of drug-likeness (QED) is 0.750. The monoisotopic (exact) mass is 278 g/mol. The fourth-order valence-electron chi connectivity index (χ4n) is 1.54. The first-order valence-electron chi connectivity index (χ1n) is 6.02. The fraction of sp³-hybridized carbons (Fsp3) is 0.333. The molecular weight excluding hydrogens is 264 g/mol. The zero-order chi connectivity index (χ0) is 14.4. The summed E-state index contributed by atoms with van der Waals surface area (Å²) in [4.78, 5) is 23.0. The third kappa shape index (κ3) is 3.44. The fourth-order valence-corrected chi connectivity index (χ4v) is 1.54. The zero-order valence-electron chi connectivity index (χ0n) is 10.9. The van der Waals surface area contributed by atoms with Gasteiger partial charge >= 0.3 is 0 Å². The molecule has 0 aliphatic heterocycles. The van der Waals surface area contributed by atoms with Gasteiger partial charge in [-0.3, -0.25) is 9.59 Å². The van der Waals surface area contributed by atoms with E-state index in [1.165, 1.54) is 23.9 Å². The molecule has 0 aliphatic rings. The predicted molar refractivity (Wildman–Crippen MR) is 68.5 cm³/mol.